The zero-order chi connectivity index (χ0) is 4.12. The standard InChI is InChI=1S/C3H6B2/c4-2-1-3-5/h1-3H2. The van der Waals surface area contributed by atoms with Gasteiger partial charge in [0.1, 0.15) is 0 Å². The molecule has 0 fully saturated rings. The lowest BCUT2D eigenvalue weighted by Crippen LogP contribution is -1.67. The second-order valence-corrected chi connectivity index (χ2v) is 0.931. The van der Waals surface area contributed by atoms with Gasteiger partial charge < -0.3 is 0 Å². The average Bonchev–Trinajstić information content (AvgIpc) is 1.41. The smallest absolute Gasteiger partial charge is 0.0652 e. The molecular formula is C3H6B2. The molecule has 0 heterocycles. The predicted molar refractivity (Wildman–Crippen MR) is 25.7 cm³/mol. The van der Waals surface area contributed by atoms with Crippen LogP contribution in [0.2, 0.25) is 12.6 Å². The van der Waals surface area contributed by atoms with Crippen molar-refractivity contribution in [1.29, 1.82) is 0 Å². The van der Waals surface area contributed by atoms with Crippen LogP contribution in [0.5, 0.6) is 0 Å². The molecule has 0 aliphatic carbocycles. The van der Waals surface area contributed by atoms with Gasteiger partial charge in [0.25, 0.3) is 0 Å². The Labute approximate surface area is 35.8 Å². The third kappa shape index (κ3) is 4.13. The molecule has 0 saturated carbocycles. The maximum Gasteiger partial charge on any atom is 0.0652 e. The third-order valence-electron chi connectivity index (χ3n) is 0.408. The molecule has 0 bridgehead atoms. The SMILES string of the molecule is [B]CCC[B]. The Balaban J connectivity index is 2.19. The Morgan fingerprint density at radius 2 is 1.40 bits per heavy atom. The van der Waals surface area contributed by atoms with Crippen LogP contribution in [-0.4, -0.2) is 15.7 Å². The first-order valence-corrected chi connectivity index (χ1v) is 1.82. The van der Waals surface area contributed by atoms with Crippen molar-refractivity contribution in [1.82, 2.24) is 0 Å². The zero-order valence-electron chi connectivity index (χ0n) is 3.28. The van der Waals surface area contributed by atoms with E-state index in [4.69, 9.17) is 15.7 Å². The average molecular weight is 63.7 g/mol. The summed E-state index contributed by atoms with van der Waals surface area (Å²) in [5, 5.41) is 0. The quantitative estimate of drug-likeness (QED) is 0.411. The van der Waals surface area contributed by atoms with Crippen LogP contribution in [0.3, 0.4) is 0 Å². The van der Waals surface area contributed by atoms with Gasteiger partial charge in [0.15, 0.2) is 0 Å². The fraction of sp³-hybridized carbons (Fsp3) is 1.00. The summed E-state index contributed by atoms with van der Waals surface area (Å²) in [6.45, 7) is 0. The molecule has 0 aliphatic heterocycles. The van der Waals surface area contributed by atoms with Gasteiger partial charge in [0.05, 0.1) is 15.7 Å². The summed E-state index contributed by atoms with van der Waals surface area (Å²) in [4.78, 5) is 0. The van der Waals surface area contributed by atoms with Crippen molar-refractivity contribution in [2.45, 2.75) is 19.1 Å². The molecular weight excluding hydrogens is 57.7 g/mol. The second-order valence-electron chi connectivity index (χ2n) is 0.931. The van der Waals surface area contributed by atoms with E-state index in [9.17, 15) is 0 Å². The highest BCUT2D eigenvalue weighted by Gasteiger charge is 1.68. The summed E-state index contributed by atoms with van der Waals surface area (Å²) < 4.78 is 0. The van der Waals surface area contributed by atoms with E-state index in [1.165, 1.54) is 0 Å². The molecule has 0 aromatic heterocycles. The van der Waals surface area contributed by atoms with Crippen molar-refractivity contribution in [3.05, 3.63) is 0 Å². The number of rotatable bonds is 2. The molecule has 0 aromatic rings. The molecule has 0 nitrogen and oxygen atoms in total. The van der Waals surface area contributed by atoms with Gasteiger partial charge in [0.2, 0.25) is 0 Å². The van der Waals surface area contributed by atoms with E-state index in [1.807, 2.05) is 0 Å². The molecule has 4 radical (unpaired) electrons. The van der Waals surface area contributed by atoms with Gasteiger partial charge in [-0.2, -0.15) is 0 Å². The molecule has 2 heteroatoms. The van der Waals surface area contributed by atoms with Crippen molar-refractivity contribution in [3.63, 3.8) is 0 Å². The molecule has 5 heavy (non-hydrogen) atoms. The van der Waals surface area contributed by atoms with Crippen LogP contribution in [-0.2, 0) is 0 Å². The highest BCUT2D eigenvalue weighted by atomic mass is 13.6. The van der Waals surface area contributed by atoms with Gasteiger partial charge in [-0.15, -0.1) is 0 Å². The van der Waals surface area contributed by atoms with Crippen molar-refractivity contribution in [3.8, 4) is 0 Å². The van der Waals surface area contributed by atoms with Crippen LogP contribution in [0.15, 0.2) is 0 Å². The Kier molecular flexibility index (Phi) is 4.24. The van der Waals surface area contributed by atoms with E-state index in [0.717, 1.165) is 19.1 Å². The first kappa shape index (κ1) is 5.13. The van der Waals surface area contributed by atoms with Gasteiger partial charge in [-0.25, -0.2) is 0 Å². The fourth-order valence-corrected chi connectivity index (χ4v) is 0.118. The molecule has 0 amide bonds. The van der Waals surface area contributed by atoms with Crippen LogP contribution in [0, 0.1) is 0 Å². The van der Waals surface area contributed by atoms with E-state index in [-0.39, 0.29) is 0 Å². The van der Waals surface area contributed by atoms with Crippen molar-refractivity contribution >= 4 is 15.7 Å². The molecule has 0 N–H and O–H groups in total. The topological polar surface area (TPSA) is 0 Å². The first-order chi connectivity index (χ1) is 2.41. The van der Waals surface area contributed by atoms with Crippen molar-refractivity contribution in [2.75, 3.05) is 0 Å². The monoisotopic (exact) mass is 64.1 g/mol. The Morgan fingerprint density at radius 1 is 1.00 bits per heavy atom. The summed E-state index contributed by atoms with van der Waals surface area (Å²) in [7, 11) is 10.1. The zero-order valence-corrected chi connectivity index (χ0v) is 3.28. The van der Waals surface area contributed by atoms with Crippen LogP contribution in [0.1, 0.15) is 6.42 Å². The normalized spacial score (nSPS) is 8.00. The third-order valence-corrected chi connectivity index (χ3v) is 0.408. The highest BCUT2D eigenvalue weighted by Crippen LogP contribution is 1.84. The minimum Gasteiger partial charge on any atom is -0.0894 e. The van der Waals surface area contributed by atoms with Crippen LogP contribution in [0.25, 0.3) is 0 Å². The Morgan fingerprint density at radius 3 is 1.40 bits per heavy atom. The first-order valence-electron chi connectivity index (χ1n) is 1.82. The summed E-state index contributed by atoms with van der Waals surface area (Å²) in [6, 6.07) is 0. The van der Waals surface area contributed by atoms with E-state index < -0.39 is 0 Å². The molecule has 0 aliphatic rings. The number of hydrogen-bond donors (Lipinski definition) is 0. The van der Waals surface area contributed by atoms with Gasteiger partial charge in [-0.1, -0.05) is 19.1 Å². The summed E-state index contributed by atoms with van der Waals surface area (Å²) in [5.74, 6) is 0. The van der Waals surface area contributed by atoms with Crippen molar-refractivity contribution < 1.29 is 0 Å². The maximum atomic E-state index is 5.06. The highest BCUT2D eigenvalue weighted by molar-refractivity contribution is 6.11. The lowest BCUT2D eigenvalue weighted by Gasteiger charge is -1.79. The Hall–Kier alpha value is 0.130. The largest absolute Gasteiger partial charge is 0.0894 e. The number of hydrogen-bond acceptors (Lipinski definition) is 0. The van der Waals surface area contributed by atoms with Gasteiger partial charge in [0, 0.05) is 0 Å². The van der Waals surface area contributed by atoms with E-state index in [1.54, 1.807) is 0 Å². The molecule has 0 rings (SSSR count). The van der Waals surface area contributed by atoms with Crippen molar-refractivity contribution in [2.24, 2.45) is 0 Å². The lowest BCUT2D eigenvalue weighted by atomic mass is 9.93. The summed E-state index contributed by atoms with van der Waals surface area (Å²) in [6.07, 6.45) is 2.38. The summed E-state index contributed by atoms with van der Waals surface area (Å²) in [5.41, 5.74) is 0. The van der Waals surface area contributed by atoms with E-state index >= 15 is 0 Å². The van der Waals surface area contributed by atoms with Gasteiger partial charge >= 0.3 is 0 Å². The fourth-order valence-electron chi connectivity index (χ4n) is 0.118. The molecule has 0 atom stereocenters. The van der Waals surface area contributed by atoms with Crippen LogP contribution < -0.4 is 0 Å². The maximum absolute atomic E-state index is 5.06. The molecule has 0 unspecified atom stereocenters. The van der Waals surface area contributed by atoms with Gasteiger partial charge in [-0.05, 0) is 0 Å². The molecule has 0 saturated heterocycles. The molecule has 24 valence electrons. The van der Waals surface area contributed by atoms with E-state index in [0.29, 0.717) is 0 Å². The van der Waals surface area contributed by atoms with Crippen LogP contribution in [0.4, 0.5) is 0 Å². The lowest BCUT2D eigenvalue weighted by molar-refractivity contribution is 1.08. The summed E-state index contributed by atoms with van der Waals surface area (Å²) >= 11 is 0. The molecule has 0 spiro atoms. The minimum absolute atomic E-state index is 0.719. The Bertz CT molecular complexity index is 12.4. The predicted octanol–water partition coefficient (Wildman–Crippen LogP) is 0.550. The second kappa shape index (κ2) is 4.13. The molecule has 0 aromatic carbocycles. The minimum atomic E-state index is 0.719. The van der Waals surface area contributed by atoms with E-state index in [2.05, 4.69) is 0 Å². The van der Waals surface area contributed by atoms with Gasteiger partial charge in [-0.3, -0.25) is 0 Å². The van der Waals surface area contributed by atoms with Crippen LogP contribution >= 0.6 is 0 Å².